The third kappa shape index (κ3) is 2.69. The van der Waals surface area contributed by atoms with Gasteiger partial charge in [-0.25, -0.2) is 0 Å². The fourth-order valence-electron chi connectivity index (χ4n) is 2.12. The van der Waals surface area contributed by atoms with Gasteiger partial charge >= 0.3 is 0 Å². The van der Waals surface area contributed by atoms with Crippen molar-refractivity contribution in [2.45, 2.75) is 18.9 Å². The first-order valence-electron chi connectivity index (χ1n) is 6.27. The molecule has 7 heteroatoms. The molecule has 0 aliphatic carbocycles. The maximum atomic E-state index is 5.89. The highest BCUT2D eigenvalue weighted by Crippen LogP contribution is 2.19. The number of rotatable bonds is 2. The van der Waals surface area contributed by atoms with Crippen LogP contribution in [0.15, 0.2) is 18.3 Å². The number of hydrogen-bond donors (Lipinski definition) is 2. The summed E-state index contributed by atoms with van der Waals surface area (Å²) in [6.07, 6.45) is 3.55. The Bertz CT molecular complexity index is 544. The van der Waals surface area contributed by atoms with Gasteiger partial charge in [0.15, 0.2) is 5.82 Å². The number of nitrogens with zero attached hydrogens (tertiary/aromatic N) is 4. The number of piperidine rings is 1. The predicted molar refractivity (Wildman–Crippen MR) is 74.0 cm³/mol. The van der Waals surface area contributed by atoms with Gasteiger partial charge in [0, 0.05) is 25.3 Å². The minimum Gasteiger partial charge on any atom is -0.339 e. The second-order valence-corrected chi connectivity index (χ2v) is 5.11. The molecule has 2 aromatic rings. The number of halogens is 1. The standard InChI is InChI=1S/C12H15ClN6/c13-8-1-2-10(15-7-8)11-16-12(18-17-11)19-5-3-9(14)4-6-19/h1-2,7,9H,3-6,14H2,(H,16,17,18). The summed E-state index contributed by atoms with van der Waals surface area (Å²) in [5.74, 6) is 1.36. The Balaban J connectivity index is 1.77. The largest absolute Gasteiger partial charge is 0.339 e. The van der Waals surface area contributed by atoms with E-state index in [4.69, 9.17) is 17.3 Å². The maximum absolute atomic E-state index is 5.89. The van der Waals surface area contributed by atoms with E-state index in [1.807, 2.05) is 6.07 Å². The number of aromatic nitrogens is 4. The van der Waals surface area contributed by atoms with Crippen molar-refractivity contribution >= 4 is 17.5 Å². The highest BCUT2D eigenvalue weighted by molar-refractivity contribution is 6.30. The van der Waals surface area contributed by atoms with Gasteiger partial charge in [-0.3, -0.25) is 10.1 Å². The number of H-pyrrole nitrogens is 1. The zero-order valence-corrected chi connectivity index (χ0v) is 11.1. The van der Waals surface area contributed by atoms with Gasteiger partial charge in [-0.15, -0.1) is 5.10 Å². The zero-order valence-electron chi connectivity index (χ0n) is 10.4. The van der Waals surface area contributed by atoms with Crippen LogP contribution >= 0.6 is 11.6 Å². The molecule has 2 aromatic heterocycles. The van der Waals surface area contributed by atoms with E-state index in [0.29, 0.717) is 22.8 Å². The third-order valence-electron chi connectivity index (χ3n) is 3.27. The number of aromatic amines is 1. The molecule has 100 valence electrons. The van der Waals surface area contributed by atoms with Crippen molar-refractivity contribution in [3.63, 3.8) is 0 Å². The second-order valence-electron chi connectivity index (χ2n) is 4.67. The van der Waals surface area contributed by atoms with Crippen LogP contribution in [0.2, 0.25) is 5.02 Å². The molecule has 0 unspecified atom stereocenters. The number of hydrogen-bond acceptors (Lipinski definition) is 5. The van der Waals surface area contributed by atoms with Gasteiger partial charge in [-0.05, 0) is 25.0 Å². The molecule has 0 amide bonds. The van der Waals surface area contributed by atoms with Crippen LogP contribution in [0.1, 0.15) is 12.8 Å². The lowest BCUT2D eigenvalue weighted by Gasteiger charge is -2.28. The minimum absolute atomic E-state index is 0.299. The van der Waals surface area contributed by atoms with Crippen molar-refractivity contribution in [3.8, 4) is 11.5 Å². The molecule has 1 fully saturated rings. The maximum Gasteiger partial charge on any atom is 0.245 e. The topological polar surface area (TPSA) is 83.7 Å². The van der Waals surface area contributed by atoms with Crippen molar-refractivity contribution in [3.05, 3.63) is 23.4 Å². The highest BCUT2D eigenvalue weighted by Gasteiger charge is 2.19. The van der Waals surface area contributed by atoms with E-state index < -0.39 is 0 Å². The van der Waals surface area contributed by atoms with E-state index in [0.717, 1.165) is 31.6 Å². The zero-order chi connectivity index (χ0) is 13.2. The van der Waals surface area contributed by atoms with Crippen LogP contribution in [0.4, 0.5) is 5.95 Å². The van der Waals surface area contributed by atoms with Gasteiger partial charge in [0.1, 0.15) is 5.69 Å². The first-order valence-corrected chi connectivity index (χ1v) is 6.65. The Morgan fingerprint density at radius 2 is 2.11 bits per heavy atom. The summed E-state index contributed by atoms with van der Waals surface area (Å²) in [7, 11) is 0. The molecule has 3 N–H and O–H groups in total. The SMILES string of the molecule is NC1CCN(c2n[nH]c(-c3ccc(Cl)cn3)n2)CC1. The van der Waals surface area contributed by atoms with E-state index >= 15 is 0 Å². The Morgan fingerprint density at radius 3 is 2.79 bits per heavy atom. The summed E-state index contributed by atoms with van der Waals surface area (Å²) < 4.78 is 0. The molecule has 19 heavy (non-hydrogen) atoms. The first kappa shape index (κ1) is 12.4. The summed E-state index contributed by atoms with van der Waals surface area (Å²) in [4.78, 5) is 10.8. The van der Waals surface area contributed by atoms with Gasteiger partial charge in [0.2, 0.25) is 5.95 Å². The average molecular weight is 279 g/mol. The van der Waals surface area contributed by atoms with E-state index in [2.05, 4.69) is 25.1 Å². The number of anilines is 1. The molecule has 1 aliphatic heterocycles. The molecule has 0 bridgehead atoms. The third-order valence-corrected chi connectivity index (χ3v) is 3.49. The first-order chi connectivity index (χ1) is 9.22. The summed E-state index contributed by atoms with van der Waals surface area (Å²) in [5, 5.41) is 7.76. The van der Waals surface area contributed by atoms with Gasteiger partial charge in [0.05, 0.1) is 5.02 Å². The van der Waals surface area contributed by atoms with Crippen LogP contribution in [0.5, 0.6) is 0 Å². The Labute approximate surface area is 116 Å². The highest BCUT2D eigenvalue weighted by atomic mass is 35.5. The van der Waals surface area contributed by atoms with Crippen LogP contribution in [-0.4, -0.2) is 39.3 Å². The van der Waals surface area contributed by atoms with Crippen LogP contribution in [0.3, 0.4) is 0 Å². The molecule has 1 aliphatic rings. The van der Waals surface area contributed by atoms with Crippen LogP contribution in [-0.2, 0) is 0 Å². The van der Waals surface area contributed by atoms with Crippen molar-refractivity contribution in [1.29, 1.82) is 0 Å². The molecule has 6 nitrogen and oxygen atoms in total. The molecule has 0 spiro atoms. The number of pyridine rings is 1. The Morgan fingerprint density at radius 1 is 1.32 bits per heavy atom. The molecular formula is C12H15ClN6. The molecule has 3 heterocycles. The van der Waals surface area contributed by atoms with Gasteiger partial charge in [0.25, 0.3) is 0 Å². The van der Waals surface area contributed by atoms with E-state index in [1.54, 1.807) is 12.3 Å². The summed E-state index contributed by atoms with van der Waals surface area (Å²) in [6.45, 7) is 1.79. The molecule has 1 saturated heterocycles. The smallest absolute Gasteiger partial charge is 0.245 e. The van der Waals surface area contributed by atoms with Gasteiger partial charge in [-0.1, -0.05) is 11.6 Å². The van der Waals surface area contributed by atoms with Crippen molar-refractivity contribution in [2.24, 2.45) is 5.73 Å². The number of nitrogens with two attached hydrogens (primary N) is 1. The van der Waals surface area contributed by atoms with Gasteiger partial charge in [-0.2, -0.15) is 4.98 Å². The van der Waals surface area contributed by atoms with Crippen LogP contribution in [0, 0.1) is 0 Å². The molecular weight excluding hydrogens is 264 g/mol. The summed E-state index contributed by atoms with van der Waals surface area (Å²) in [6, 6.07) is 3.90. The lowest BCUT2D eigenvalue weighted by atomic mass is 10.1. The average Bonchev–Trinajstić information content (AvgIpc) is 2.90. The Hall–Kier alpha value is -1.66. The molecule has 0 saturated carbocycles. The molecule has 3 rings (SSSR count). The van der Waals surface area contributed by atoms with Gasteiger partial charge < -0.3 is 10.6 Å². The lowest BCUT2D eigenvalue weighted by Crippen LogP contribution is -2.40. The molecule has 0 atom stereocenters. The van der Waals surface area contributed by atoms with E-state index in [9.17, 15) is 0 Å². The van der Waals surface area contributed by atoms with Crippen molar-refractivity contribution in [1.82, 2.24) is 20.2 Å². The van der Waals surface area contributed by atoms with Crippen molar-refractivity contribution in [2.75, 3.05) is 18.0 Å². The second kappa shape index (κ2) is 5.14. The normalized spacial score (nSPS) is 16.8. The van der Waals surface area contributed by atoms with Crippen molar-refractivity contribution < 1.29 is 0 Å². The summed E-state index contributed by atoms with van der Waals surface area (Å²) >= 11 is 5.81. The molecule has 0 radical (unpaired) electrons. The lowest BCUT2D eigenvalue weighted by molar-refractivity contribution is 0.496. The molecule has 0 aromatic carbocycles. The monoisotopic (exact) mass is 278 g/mol. The van der Waals surface area contributed by atoms with E-state index in [-0.39, 0.29) is 0 Å². The summed E-state index contributed by atoms with van der Waals surface area (Å²) in [5.41, 5.74) is 6.62. The van der Waals surface area contributed by atoms with Crippen LogP contribution < -0.4 is 10.6 Å². The number of nitrogens with one attached hydrogen (secondary N) is 1. The van der Waals surface area contributed by atoms with E-state index in [1.165, 1.54) is 0 Å². The van der Waals surface area contributed by atoms with Crippen LogP contribution in [0.25, 0.3) is 11.5 Å². The predicted octanol–water partition coefficient (Wildman–Crippen LogP) is 1.45. The fraction of sp³-hybridized carbons (Fsp3) is 0.417. The quantitative estimate of drug-likeness (QED) is 0.869. The minimum atomic E-state index is 0.299. The fourth-order valence-corrected chi connectivity index (χ4v) is 2.24. The Kier molecular flexibility index (Phi) is 3.35.